The van der Waals surface area contributed by atoms with Crippen molar-refractivity contribution in [1.29, 1.82) is 0 Å². The fourth-order valence-corrected chi connectivity index (χ4v) is 3.41. The number of carbonyl (C=O) groups excluding carboxylic acids is 2. The molecule has 2 heterocycles. The number of halogens is 1. The molecule has 0 atom stereocenters. The zero-order chi connectivity index (χ0) is 20.2. The smallest absolute Gasteiger partial charge is 0.257 e. The summed E-state index contributed by atoms with van der Waals surface area (Å²) in [4.78, 5) is 28.7. The molecule has 2 aromatic carbocycles. The lowest BCUT2D eigenvalue weighted by molar-refractivity contribution is -0.115. The zero-order valence-corrected chi connectivity index (χ0v) is 15.9. The summed E-state index contributed by atoms with van der Waals surface area (Å²) >= 11 is 1.21. The summed E-state index contributed by atoms with van der Waals surface area (Å²) in [7, 11) is 0. The van der Waals surface area contributed by atoms with Gasteiger partial charge >= 0.3 is 0 Å². The molecule has 1 aliphatic rings. The van der Waals surface area contributed by atoms with Crippen LogP contribution in [0, 0.1) is 5.82 Å². The van der Waals surface area contributed by atoms with Crippen LogP contribution >= 0.6 is 11.3 Å². The van der Waals surface area contributed by atoms with Gasteiger partial charge in [0.05, 0.1) is 12.1 Å². The van der Waals surface area contributed by atoms with Gasteiger partial charge < -0.3 is 14.8 Å². The van der Waals surface area contributed by atoms with Gasteiger partial charge in [-0.05, 0) is 36.4 Å². The third-order valence-corrected chi connectivity index (χ3v) is 4.85. The molecule has 0 bridgehead atoms. The number of nitrogens with zero attached hydrogens (tertiary/aromatic N) is 1. The number of hydrogen-bond donors (Lipinski definition) is 2. The van der Waals surface area contributed by atoms with Gasteiger partial charge in [-0.25, -0.2) is 9.37 Å². The molecule has 0 radical (unpaired) electrons. The molecule has 1 aromatic heterocycles. The highest BCUT2D eigenvalue weighted by Crippen LogP contribution is 2.32. The predicted molar refractivity (Wildman–Crippen MR) is 106 cm³/mol. The standard InChI is InChI=1S/C20H16FN3O4S/c21-13-3-1-12(2-4-13)19(26)24-20-23-15(11-29-20)10-18(25)22-14-5-6-16-17(9-14)28-8-7-27-16/h1-6,9,11H,7-8,10H2,(H,22,25)(H,23,24,26). The van der Waals surface area contributed by atoms with E-state index >= 15 is 0 Å². The van der Waals surface area contributed by atoms with Crippen LogP contribution < -0.4 is 20.1 Å². The molecule has 0 spiro atoms. The second-order valence-corrected chi connectivity index (χ2v) is 7.05. The third-order valence-electron chi connectivity index (χ3n) is 4.05. The first-order valence-electron chi connectivity index (χ1n) is 8.78. The molecule has 1 aliphatic heterocycles. The molecule has 0 unspecified atom stereocenters. The maximum absolute atomic E-state index is 12.9. The molecular weight excluding hydrogens is 397 g/mol. The number of hydrogen-bond acceptors (Lipinski definition) is 6. The van der Waals surface area contributed by atoms with Crippen molar-refractivity contribution in [3.05, 3.63) is 64.9 Å². The minimum Gasteiger partial charge on any atom is -0.486 e. The summed E-state index contributed by atoms with van der Waals surface area (Å²) in [5, 5.41) is 7.49. The summed E-state index contributed by atoms with van der Waals surface area (Å²) in [6.45, 7) is 0.970. The minimum atomic E-state index is -0.415. The lowest BCUT2D eigenvalue weighted by Gasteiger charge is -2.18. The molecule has 2 N–H and O–H groups in total. The molecule has 9 heteroatoms. The van der Waals surface area contributed by atoms with E-state index in [1.165, 1.54) is 35.6 Å². The Morgan fingerprint density at radius 3 is 2.59 bits per heavy atom. The van der Waals surface area contributed by atoms with Gasteiger partial charge in [-0.3, -0.25) is 14.9 Å². The number of amides is 2. The van der Waals surface area contributed by atoms with Crippen LogP contribution in [0.5, 0.6) is 11.5 Å². The summed E-state index contributed by atoms with van der Waals surface area (Å²) in [5.41, 5.74) is 1.44. The highest BCUT2D eigenvalue weighted by atomic mass is 32.1. The number of benzene rings is 2. The van der Waals surface area contributed by atoms with Crippen LogP contribution in [0.4, 0.5) is 15.2 Å². The first-order chi connectivity index (χ1) is 14.1. The fourth-order valence-electron chi connectivity index (χ4n) is 2.71. The summed E-state index contributed by atoms with van der Waals surface area (Å²) in [6, 6.07) is 10.4. The van der Waals surface area contributed by atoms with Crippen LogP contribution in [0.3, 0.4) is 0 Å². The van der Waals surface area contributed by atoms with E-state index in [-0.39, 0.29) is 12.3 Å². The maximum atomic E-state index is 12.9. The number of rotatable bonds is 5. The van der Waals surface area contributed by atoms with Gasteiger partial charge in [-0.1, -0.05) is 0 Å². The van der Waals surface area contributed by atoms with Crippen LogP contribution in [-0.2, 0) is 11.2 Å². The number of fused-ring (bicyclic) bond motifs is 1. The second kappa shape index (κ2) is 8.27. The molecule has 3 aromatic rings. The van der Waals surface area contributed by atoms with Crippen molar-refractivity contribution in [3.63, 3.8) is 0 Å². The summed E-state index contributed by atoms with van der Waals surface area (Å²) < 4.78 is 23.9. The normalized spacial score (nSPS) is 12.3. The Hall–Kier alpha value is -3.46. The average Bonchev–Trinajstić information content (AvgIpc) is 3.14. The van der Waals surface area contributed by atoms with Gasteiger partial charge in [-0.15, -0.1) is 11.3 Å². The van der Waals surface area contributed by atoms with E-state index in [4.69, 9.17) is 9.47 Å². The van der Waals surface area contributed by atoms with E-state index < -0.39 is 11.7 Å². The summed E-state index contributed by atoms with van der Waals surface area (Å²) in [5.74, 6) is 0.181. The predicted octanol–water partition coefficient (Wildman–Crippen LogP) is 3.49. The van der Waals surface area contributed by atoms with Crippen molar-refractivity contribution in [2.24, 2.45) is 0 Å². The van der Waals surface area contributed by atoms with Crippen LogP contribution in [0.2, 0.25) is 0 Å². The van der Waals surface area contributed by atoms with Gasteiger partial charge in [-0.2, -0.15) is 0 Å². The highest BCUT2D eigenvalue weighted by Gasteiger charge is 2.14. The molecule has 0 saturated carbocycles. The van der Waals surface area contributed by atoms with E-state index in [0.717, 1.165) is 0 Å². The number of aromatic nitrogens is 1. The van der Waals surface area contributed by atoms with Crippen molar-refractivity contribution >= 4 is 34.0 Å². The van der Waals surface area contributed by atoms with Crippen molar-refractivity contribution in [3.8, 4) is 11.5 Å². The Labute approximate surface area is 169 Å². The van der Waals surface area contributed by atoms with E-state index in [1.54, 1.807) is 23.6 Å². The zero-order valence-electron chi connectivity index (χ0n) is 15.1. The van der Waals surface area contributed by atoms with Crippen LogP contribution in [0.15, 0.2) is 47.8 Å². The first kappa shape index (κ1) is 18.9. The molecule has 4 rings (SSSR count). The Morgan fingerprint density at radius 1 is 1.03 bits per heavy atom. The first-order valence-corrected chi connectivity index (χ1v) is 9.65. The van der Waals surface area contributed by atoms with E-state index in [1.807, 2.05) is 0 Å². The number of ether oxygens (including phenoxy) is 2. The SMILES string of the molecule is O=C(Cc1csc(NC(=O)c2ccc(F)cc2)n1)Nc1ccc2c(c1)OCCO2. The molecule has 0 saturated heterocycles. The van der Waals surface area contributed by atoms with Crippen molar-refractivity contribution < 1.29 is 23.5 Å². The van der Waals surface area contributed by atoms with Crippen LogP contribution in [0.1, 0.15) is 16.1 Å². The van der Waals surface area contributed by atoms with Gasteiger partial charge in [0.25, 0.3) is 5.91 Å². The number of nitrogens with one attached hydrogen (secondary N) is 2. The van der Waals surface area contributed by atoms with Gasteiger partial charge in [0.2, 0.25) is 5.91 Å². The maximum Gasteiger partial charge on any atom is 0.257 e. The molecule has 0 fully saturated rings. The monoisotopic (exact) mass is 413 g/mol. The number of anilines is 2. The van der Waals surface area contributed by atoms with Gasteiger partial charge in [0.15, 0.2) is 16.6 Å². The molecule has 2 amide bonds. The van der Waals surface area contributed by atoms with E-state index in [0.29, 0.717) is 46.8 Å². The minimum absolute atomic E-state index is 0.0529. The largest absolute Gasteiger partial charge is 0.486 e. The Kier molecular flexibility index (Phi) is 5.39. The molecular formula is C20H16FN3O4S. The third kappa shape index (κ3) is 4.69. The Morgan fingerprint density at radius 2 is 1.79 bits per heavy atom. The second-order valence-electron chi connectivity index (χ2n) is 6.19. The quantitative estimate of drug-likeness (QED) is 0.668. The average molecular weight is 413 g/mol. The van der Waals surface area contributed by atoms with Gasteiger partial charge in [0.1, 0.15) is 19.0 Å². The lowest BCUT2D eigenvalue weighted by Crippen LogP contribution is -2.17. The Balaban J connectivity index is 1.34. The van der Waals surface area contributed by atoms with Gasteiger partial charge in [0, 0.05) is 22.7 Å². The van der Waals surface area contributed by atoms with Crippen molar-refractivity contribution in [2.45, 2.75) is 6.42 Å². The lowest BCUT2D eigenvalue weighted by atomic mass is 10.2. The molecule has 0 aliphatic carbocycles. The molecule has 148 valence electrons. The topological polar surface area (TPSA) is 89.6 Å². The fraction of sp³-hybridized carbons (Fsp3) is 0.150. The Bertz CT molecular complexity index is 1050. The van der Waals surface area contributed by atoms with Crippen LogP contribution in [-0.4, -0.2) is 30.0 Å². The van der Waals surface area contributed by atoms with Crippen molar-refractivity contribution in [1.82, 2.24) is 4.98 Å². The highest BCUT2D eigenvalue weighted by molar-refractivity contribution is 7.14. The summed E-state index contributed by atoms with van der Waals surface area (Å²) in [6.07, 6.45) is 0.0529. The number of carbonyl (C=O) groups is 2. The molecule has 7 nitrogen and oxygen atoms in total. The molecule has 29 heavy (non-hydrogen) atoms. The van der Waals surface area contributed by atoms with Crippen LogP contribution in [0.25, 0.3) is 0 Å². The number of thiazole rings is 1. The van der Waals surface area contributed by atoms with E-state index in [2.05, 4.69) is 15.6 Å². The van der Waals surface area contributed by atoms with E-state index in [9.17, 15) is 14.0 Å². The van der Waals surface area contributed by atoms with Crippen molar-refractivity contribution in [2.75, 3.05) is 23.8 Å².